The molecule has 1 aliphatic rings. The molecule has 0 saturated carbocycles. The minimum Gasteiger partial charge on any atom is -0.396 e. The van der Waals surface area contributed by atoms with Gasteiger partial charge in [-0.15, -0.1) is 0 Å². The van der Waals surface area contributed by atoms with Crippen LogP contribution in [0.15, 0.2) is 12.1 Å². The molecular weight excluding hydrogens is 223 g/mol. The van der Waals surface area contributed by atoms with Gasteiger partial charge in [-0.1, -0.05) is 23.2 Å². The van der Waals surface area contributed by atoms with E-state index in [9.17, 15) is 0 Å². The fourth-order valence-corrected chi connectivity index (χ4v) is 1.92. The van der Waals surface area contributed by atoms with Gasteiger partial charge in [0.1, 0.15) is 0 Å². The van der Waals surface area contributed by atoms with E-state index >= 15 is 0 Å². The zero-order chi connectivity index (χ0) is 10.1. The third-order valence-corrected chi connectivity index (χ3v) is 2.81. The maximum Gasteiger partial charge on any atom is 0.0975 e. The second-order valence-corrected chi connectivity index (χ2v) is 3.97. The monoisotopic (exact) mass is 232 g/mol. The molecule has 1 aliphatic heterocycles. The van der Waals surface area contributed by atoms with Gasteiger partial charge in [-0.3, -0.25) is 5.32 Å². The van der Waals surface area contributed by atoms with E-state index in [0.29, 0.717) is 22.5 Å². The minimum absolute atomic E-state index is 0.0191. The Hall–Kier alpha value is -0.480. The molecule has 0 radical (unpaired) electrons. The molecule has 3 nitrogen and oxygen atoms in total. The lowest BCUT2D eigenvalue weighted by Crippen LogP contribution is -2.08. The Morgan fingerprint density at radius 2 is 2.00 bits per heavy atom. The topological polar surface area (TPSA) is 47.3 Å². The number of rotatable bonds is 1. The van der Waals surface area contributed by atoms with Crippen LogP contribution < -0.4 is 11.1 Å². The molecule has 1 aromatic carbocycles. The highest BCUT2D eigenvalue weighted by atomic mass is 35.5. The van der Waals surface area contributed by atoms with Crippen LogP contribution >= 0.6 is 23.2 Å². The molecule has 0 aliphatic carbocycles. The lowest BCUT2D eigenvalue weighted by Gasteiger charge is -2.11. The predicted molar refractivity (Wildman–Crippen MR) is 57.6 cm³/mol. The molecule has 1 unspecified atom stereocenters. The van der Waals surface area contributed by atoms with Crippen molar-refractivity contribution in [3.63, 3.8) is 0 Å². The number of nitrogen functional groups attached to an aromatic ring is 1. The van der Waals surface area contributed by atoms with E-state index in [1.54, 1.807) is 12.1 Å². The van der Waals surface area contributed by atoms with Crippen molar-refractivity contribution in [2.24, 2.45) is 0 Å². The molecule has 5 heteroatoms. The highest BCUT2D eigenvalue weighted by Gasteiger charge is 2.18. The summed E-state index contributed by atoms with van der Waals surface area (Å²) in [6, 6.07) is 3.58. The van der Waals surface area contributed by atoms with E-state index in [0.717, 1.165) is 12.1 Å². The highest BCUT2D eigenvalue weighted by Crippen LogP contribution is 2.32. The summed E-state index contributed by atoms with van der Waals surface area (Å²) < 4.78 is 5.42. The molecule has 1 saturated heterocycles. The summed E-state index contributed by atoms with van der Waals surface area (Å²) in [5.74, 6) is 0. The predicted octanol–water partition coefficient (Wildman–Crippen LogP) is 2.19. The minimum atomic E-state index is 0.0191. The van der Waals surface area contributed by atoms with Gasteiger partial charge < -0.3 is 10.5 Å². The standard InChI is InChI=1S/C9H10Cl2N2O/c10-6-1-5(2-7(11)9(6)12)8-3-13-4-14-8/h1-2,8,13H,3-4,12H2. The Morgan fingerprint density at radius 3 is 2.50 bits per heavy atom. The van der Waals surface area contributed by atoms with Gasteiger partial charge >= 0.3 is 0 Å². The number of nitrogens with one attached hydrogen (secondary N) is 1. The van der Waals surface area contributed by atoms with Crippen molar-refractivity contribution in [2.75, 3.05) is 19.0 Å². The zero-order valence-electron chi connectivity index (χ0n) is 7.39. The summed E-state index contributed by atoms with van der Waals surface area (Å²) in [5.41, 5.74) is 7.01. The van der Waals surface area contributed by atoms with Crippen LogP contribution in [0, 0.1) is 0 Å². The third kappa shape index (κ3) is 1.81. The molecule has 14 heavy (non-hydrogen) atoms. The summed E-state index contributed by atoms with van der Waals surface area (Å²) in [4.78, 5) is 0. The van der Waals surface area contributed by atoms with Crippen LogP contribution in [-0.2, 0) is 4.74 Å². The third-order valence-electron chi connectivity index (χ3n) is 2.19. The normalized spacial score (nSPS) is 21.4. The first kappa shape index (κ1) is 10.1. The number of hydrogen-bond acceptors (Lipinski definition) is 3. The SMILES string of the molecule is Nc1c(Cl)cc(C2CNCO2)cc1Cl. The number of anilines is 1. The Labute approximate surface area is 92.1 Å². The number of benzene rings is 1. The van der Waals surface area contributed by atoms with Crippen molar-refractivity contribution in [2.45, 2.75) is 6.10 Å². The van der Waals surface area contributed by atoms with Gasteiger partial charge in [-0.25, -0.2) is 0 Å². The molecule has 2 rings (SSSR count). The van der Waals surface area contributed by atoms with E-state index in [4.69, 9.17) is 33.7 Å². The van der Waals surface area contributed by atoms with Gasteiger partial charge in [0.25, 0.3) is 0 Å². The van der Waals surface area contributed by atoms with Gasteiger partial charge in [0, 0.05) is 6.54 Å². The summed E-state index contributed by atoms with van der Waals surface area (Å²) in [5, 5.41) is 4.03. The van der Waals surface area contributed by atoms with E-state index in [1.165, 1.54) is 0 Å². The largest absolute Gasteiger partial charge is 0.396 e. The highest BCUT2D eigenvalue weighted by molar-refractivity contribution is 6.38. The van der Waals surface area contributed by atoms with Crippen molar-refractivity contribution in [3.8, 4) is 0 Å². The number of ether oxygens (including phenoxy) is 1. The van der Waals surface area contributed by atoms with Crippen LogP contribution in [-0.4, -0.2) is 13.3 Å². The van der Waals surface area contributed by atoms with Crippen LogP contribution in [0.25, 0.3) is 0 Å². The van der Waals surface area contributed by atoms with E-state index in [-0.39, 0.29) is 6.10 Å². The quantitative estimate of drug-likeness (QED) is 0.731. The molecule has 0 aromatic heterocycles. The van der Waals surface area contributed by atoms with Crippen LogP contribution in [0.3, 0.4) is 0 Å². The zero-order valence-corrected chi connectivity index (χ0v) is 8.90. The Morgan fingerprint density at radius 1 is 1.36 bits per heavy atom. The van der Waals surface area contributed by atoms with Crippen molar-refractivity contribution in [1.29, 1.82) is 0 Å². The lowest BCUT2D eigenvalue weighted by atomic mass is 10.1. The Kier molecular flexibility index (Phi) is 2.83. The molecule has 1 fully saturated rings. The first-order chi connectivity index (χ1) is 6.68. The maximum atomic E-state index is 5.91. The second kappa shape index (κ2) is 3.95. The van der Waals surface area contributed by atoms with E-state index in [1.807, 2.05) is 0 Å². The number of hydrogen-bond donors (Lipinski definition) is 2. The smallest absolute Gasteiger partial charge is 0.0975 e. The molecule has 1 heterocycles. The van der Waals surface area contributed by atoms with E-state index in [2.05, 4.69) is 5.32 Å². The van der Waals surface area contributed by atoms with Gasteiger partial charge in [0.2, 0.25) is 0 Å². The van der Waals surface area contributed by atoms with Crippen LogP contribution in [0.4, 0.5) is 5.69 Å². The van der Waals surface area contributed by atoms with E-state index < -0.39 is 0 Å². The number of nitrogens with two attached hydrogens (primary N) is 1. The molecule has 0 amide bonds. The number of halogens is 2. The summed E-state index contributed by atoms with van der Waals surface area (Å²) in [7, 11) is 0. The van der Waals surface area contributed by atoms with Crippen LogP contribution in [0.5, 0.6) is 0 Å². The van der Waals surface area contributed by atoms with Gasteiger partial charge in [-0.2, -0.15) is 0 Å². The summed E-state index contributed by atoms with van der Waals surface area (Å²) >= 11 is 11.8. The fourth-order valence-electron chi connectivity index (χ4n) is 1.41. The maximum absolute atomic E-state index is 5.91. The first-order valence-electron chi connectivity index (χ1n) is 4.25. The average Bonchev–Trinajstić information content (AvgIpc) is 2.66. The molecule has 3 N–H and O–H groups in total. The fraction of sp³-hybridized carbons (Fsp3) is 0.333. The van der Waals surface area contributed by atoms with Crippen molar-refractivity contribution in [1.82, 2.24) is 5.32 Å². The molecular formula is C9H10Cl2N2O. The van der Waals surface area contributed by atoms with Crippen LogP contribution in [0.2, 0.25) is 10.0 Å². The molecule has 76 valence electrons. The van der Waals surface area contributed by atoms with Crippen molar-refractivity contribution >= 4 is 28.9 Å². The Bertz CT molecular complexity index is 328. The molecule has 1 atom stereocenters. The molecule has 0 bridgehead atoms. The first-order valence-corrected chi connectivity index (χ1v) is 5.01. The molecule has 1 aromatic rings. The van der Waals surface area contributed by atoms with Gasteiger partial charge in [-0.05, 0) is 17.7 Å². The van der Waals surface area contributed by atoms with Crippen molar-refractivity contribution < 1.29 is 4.74 Å². The summed E-state index contributed by atoms with van der Waals surface area (Å²) in [6.07, 6.45) is 0.0191. The lowest BCUT2D eigenvalue weighted by molar-refractivity contribution is 0.114. The Balaban J connectivity index is 2.34. The van der Waals surface area contributed by atoms with Gasteiger partial charge in [0.05, 0.1) is 28.6 Å². The van der Waals surface area contributed by atoms with Crippen molar-refractivity contribution in [3.05, 3.63) is 27.7 Å². The summed E-state index contributed by atoms with van der Waals surface area (Å²) in [6.45, 7) is 1.33. The van der Waals surface area contributed by atoms with Crippen LogP contribution in [0.1, 0.15) is 11.7 Å². The average molecular weight is 233 g/mol. The second-order valence-electron chi connectivity index (χ2n) is 3.15. The molecule has 0 spiro atoms. The van der Waals surface area contributed by atoms with Gasteiger partial charge in [0.15, 0.2) is 0 Å².